The van der Waals surface area contributed by atoms with Crippen LogP contribution in [0.25, 0.3) is 0 Å². The number of hydrogen-bond donors (Lipinski definition) is 1. The zero-order chi connectivity index (χ0) is 19.7. The van der Waals surface area contributed by atoms with Crippen molar-refractivity contribution >= 4 is 11.7 Å². The maximum atomic E-state index is 12.7. The zero-order valence-corrected chi connectivity index (χ0v) is 15.5. The fourth-order valence-electron chi connectivity index (χ4n) is 3.22. The molecule has 0 spiro atoms. The van der Waals surface area contributed by atoms with E-state index in [0.29, 0.717) is 19.5 Å². The lowest BCUT2D eigenvalue weighted by atomic mass is 10.1. The second-order valence-corrected chi connectivity index (χ2v) is 6.77. The average molecular weight is 367 g/mol. The number of aromatic nitrogens is 2. The van der Waals surface area contributed by atoms with E-state index < -0.39 is 17.3 Å². The van der Waals surface area contributed by atoms with Crippen LogP contribution in [0.5, 0.6) is 0 Å². The summed E-state index contributed by atoms with van der Waals surface area (Å²) in [5, 5.41) is 12.3. The summed E-state index contributed by atoms with van der Waals surface area (Å²) in [5.74, 6) is -0.0336. The van der Waals surface area contributed by atoms with Gasteiger partial charge in [0.05, 0.1) is 0 Å². The predicted octanol–water partition coefficient (Wildman–Crippen LogP) is 0.477. The van der Waals surface area contributed by atoms with Crippen LogP contribution in [0.1, 0.15) is 23.1 Å². The number of benzene rings is 1. The predicted molar refractivity (Wildman–Crippen MR) is 100 cm³/mol. The summed E-state index contributed by atoms with van der Waals surface area (Å²) in [4.78, 5) is 38.8. The van der Waals surface area contributed by atoms with E-state index in [-0.39, 0.29) is 17.3 Å². The molecule has 140 valence electrons. The van der Waals surface area contributed by atoms with Crippen molar-refractivity contribution in [3.63, 3.8) is 0 Å². The Hall–Kier alpha value is -3.34. The van der Waals surface area contributed by atoms with Crippen molar-refractivity contribution in [3.8, 4) is 6.07 Å². The molecule has 1 aliphatic heterocycles. The highest BCUT2D eigenvalue weighted by Gasteiger charge is 2.33. The van der Waals surface area contributed by atoms with E-state index in [1.807, 2.05) is 37.3 Å². The quantitative estimate of drug-likeness (QED) is 0.847. The first-order valence-corrected chi connectivity index (χ1v) is 8.64. The lowest BCUT2D eigenvalue weighted by Crippen LogP contribution is -2.42. The lowest BCUT2D eigenvalue weighted by molar-refractivity contribution is -0.128. The molecule has 1 unspecified atom stereocenters. The first-order chi connectivity index (χ1) is 12.8. The molecule has 2 aromatic rings. The molecule has 0 radical (unpaired) electrons. The van der Waals surface area contributed by atoms with Gasteiger partial charge >= 0.3 is 5.69 Å². The van der Waals surface area contributed by atoms with Gasteiger partial charge in [0.15, 0.2) is 5.56 Å². The number of rotatable bonds is 4. The summed E-state index contributed by atoms with van der Waals surface area (Å²) >= 11 is 0. The SMILES string of the molecule is Cc1ccc(CN2CCC(Nc3c(C#N)c(=O)n(C)c(=O)n3C)C2=O)cc1. The van der Waals surface area contributed by atoms with Crippen LogP contribution in [0.15, 0.2) is 33.9 Å². The Balaban J connectivity index is 1.83. The van der Waals surface area contributed by atoms with Gasteiger partial charge in [0, 0.05) is 27.2 Å². The molecule has 1 N–H and O–H groups in total. The maximum absolute atomic E-state index is 12.7. The molecular weight excluding hydrogens is 346 g/mol. The highest BCUT2D eigenvalue weighted by molar-refractivity contribution is 5.86. The van der Waals surface area contributed by atoms with Crippen LogP contribution in [0.2, 0.25) is 0 Å². The third-order valence-electron chi connectivity index (χ3n) is 4.88. The van der Waals surface area contributed by atoms with Crippen molar-refractivity contribution < 1.29 is 4.79 Å². The Morgan fingerprint density at radius 1 is 1.15 bits per heavy atom. The van der Waals surface area contributed by atoms with E-state index in [1.54, 1.807) is 4.90 Å². The van der Waals surface area contributed by atoms with Crippen LogP contribution in [-0.4, -0.2) is 32.5 Å². The third kappa shape index (κ3) is 3.36. The van der Waals surface area contributed by atoms with Crippen LogP contribution in [0.3, 0.4) is 0 Å². The topological polar surface area (TPSA) is 100 Å². The van der Waals surface area contributed by atoms with Crippen molar-refractivity contribution in [2.24, 2.45) is 14.1 Å². The summed E-state index contributed by atoms with van der Waals surface area (Å²) < 4.78 is 2.07. The van der Waals surface area contributed by atoms with Crippen LogP contribution in [-0.2, 0) is 25.4 Å². The highest BCUT2D eigenvalue weighted by Crippen LogP contribution is 2.20. The molecule has 27 heavy (non-hydrogen) atoms. The van der Waals surface area contributed by atoms with E-state index in [9.17, 15) is 19.6 Å². The van der Waals surface area contributed by atoms with Gasteiger partial charge in [0.1, 0.15) is 17.9 Å². The number of nitrogens with zero attached hydrogens (tertiary/aromatic N) is 4. The third-order valence-corrected chi connectivity index (χ3v) is 4.88. The molecule has 2 heterocycles. The van der Waals surface area contributed by atoms with Crippen molar-refractivity contribution in [2.75, 3.05) is 11.9 Å². The molecule has 0 bridgehead atoms. The molecule has 1 saturated heterocycles. The minimum Gasteiger partial charge on any atom is -0.358 e. The van der Waals surface area contributed by atoms with Gasteiger partial charge < -0.3 is 10.2 Å². The normalized spacial score (nSPS) is 16.4. The summed E-state index contributed by atoms with van der Waals surface area (Å²) in [7, 11) is 2.79. The van der Waals surface area contributed by atoms with Gasteiger partial charge in [-0.25, -0.2) is 4.79 Å². The van der Waals surface area contributed by atoms with Crippen LogP contribution >= 0.6 is 0 Å². The maximum Gasteiger partial charge on any atom is 0.332 e. The first kappa shape index (κ1) is 18.5. The van der Waals surface area contributed by atoms with Gasteiger partial charge in [-0.15, -0.1) is 0 Å². The number of likely N-dealkylation sites (tertiary alicyclic amines) is 1. The van der Waals surface area contributed by atoms with Crippen molar-refractivity contribution in [1.82, 2.24) is 14.0 Å². The molecule has 0 saturated carbocycles. The summed E-state index contributed by atoms with van der Waals surface area (Å²) in [5.41, 5.74) is 0.785. The van der Waals surface area contributed by atoms with Gasteiger partial charge in [-0.3, -0.25) is 18.7 Å². The van der Waals surface area contributed by atoms with E-state index in [1.165, 1.54) is 18.7 Å². The second-order valence-electron chi connectivity index (χ2n) is 6.77. The molecule has 1 amide bonds. The standard InChI is InChI=1S/C19H21N5O3/c1-12-4-6-13(7-5-12)11-24-9-8-15(18(24)26)21-16-14(10-20)17(25)23(3)19(27)22(16)2/h4-7,15,21H,8-9,11H2,1-3H3. The summed E-state index contributed by atoms with van der Waals surface area (Å²) in [6, 6.07) is 9.23. The molecule has 8 heteroatoms. The first-order valence-electron chi connectivity index (χ1n) is 8.64. The Labute approximate surface area is 156 Å². The summed E-state index contributed by atoms with van der Waals surface area (Å²) in [6.45, 7) is 3.06. The number of aryl methyl sites for hydroxylation is 1. The minimum atomic E-state index is -0.676. The number of amides is 1. The molecule has 1 aliphatic rings. The fourth-order valence-corrected chi connectivity index (χ4v) is 3.22. The zero-order valence-electron chi connectivity index (χ0n) is 15.5. The molecule has 1 aromatic carbocycles. The Bertz CT molecular complexity index is 1040. The Kier molecular flexibility index (Phi) is 4.86. The van der Waals surface area contributed by atoms with E-state index in [0.717, 1.165) is 15.7 Å². The number of anilines is 1. The van der Waals surface area contributed by atoms with E-state index in [2.05, 4.69) is 5.32 Å². The minimum absolute atomic E-state index is 0.0844. The van der Waals surface area contributed by atoms with Gasteiger partial charge in [0.2, 0.25) is 5.91 Å². The van der Waals surface area contributed by atoms with Crippen molar-refractivity contribution in [1.29, 1.82) is 5.26 Å². The Morgan fingerprint density at radius 3 is 2.44 bits per heavy atom. The monoisotopic (exact) mass is 367 g/mol. The van der Waals surface area contributed by atoms with Gasteiger partial charge in [0.25, 0.3) is 5.56 Å². The van der Waals surface area contributed by atoms with Crippen LogP contribution in [0, 0.1) is 18.3 Å². The summed E-state index contributed by atoms with van der Waals surface area (Å²) in [6.07, 6.45) is 0.527. The van der Waals surface area contributed by atoms with Gasteiger partial charge in [-0.1, -0.05) is 29.8 Å². The Morgan fingerprint density at radius 2 is 1.81 bits per heavy atom. The number of carbonyl (C=O) groups is 1. The van der Waals surface area contributed by atoms with Crippen molar-refractivity contribution in [3.05, 3.63) is 61.8 Å². The van der Waals surface area contributed by atoms with Crippen LogP contribution < -0.4 is 16.6 Å². The van der Waals surface area contributed by atoms with E-state index >= 15 is 0 Å². The molecule has 1 aromatic heterocycles. The van der Waals surface area contributed by atoms with E-state index in [4.69, 9.17) is 0 Å². The molecule has 3 rings (SSSR count). The van der Waals surface area contributed by atoms with Gasteiger partial charge in [-0.2, -0.15) is 5.26 Å². The number of nitriles is 1. The average Bonchev–Trinajstić information content (AvgIpc) is 3.00. The smallest absolute Gasteiger partial charge is 0.332 e. The highest BCUT2D eigenvalue weighted by atomic mass is 16.2. The second kappa shape index (κ2) is 7.11. The largest absolute Gasteiger partial charge is 0.358 e. The number of nitrogens with one attached hydrogen (secondary N) is 1. The fraction of sp³-hybridized carbons (Fsp3) is 0.368. The lowest BCUT2D eigenvalue weighted by Gasteiger charge is -2.19. The van der Waals surface area contributed by atoms with Crippen molar-refractivity contribution in [2.45, 2.75) is 25.9 Å². The van der Waals surface area contributed by atoms with Gasteiger partial charge in [-0.05, 0) is 18.9 Å². The number of hydrogen-bond acceptors (Lipinski definition) is 5. The molecular formula is C19H21N5O3. The molecule has 1 fully saturated rings. The molecule has 1 atom stereocenters. The number of carbonyl (C=O) groups excluding carboxylic acids is 1. The molecule has 0 aliphatic carbocycles. The van der Waals surface area contributed by atoms with Crippen LogP contribution in [0.4, 0.5) is 5.82 Å². The molecule has 8 nitrogen and oxygen atoms in total.